The van der Waals surface area contributed by atoms with E-state index in [4.69, 9.17) is 0 Å². The molecule has 5 heteroatoms. The minimum atomic E-state index is 0.860. The Hall–Kier alpha value is -0.650. The van der Waals surface area contributed by atoms with Gasteiger partial charge >= 0.3 is 0 Å². The van der Waals surface area contributed by atoms with Crippen molar-refractivity contribution in [1.82, 2.24) is 15.1 Å². The predicted octanol–water partition coefficient (Wildman–Crippen LogP) is 3.10. The van der Waals surface area contributed by atoms with E-state index in [1.54, 1.807) is 11.3 Å². The van der Waals surface area contributed by atoms with Crippen LogP contribution in [-0.4, -0.2) is 9.78 Å². The molecule has 92 valence electrons. The molecule has 0 spiro atoms. The van der Waals surface area contributed by atoms with Gasteiger partial charge in [0.2, 0.25) is 0 Å². The molecule has 0 aliphatic heterocycles. The summed E-state index contributed by atoms with van der Waals surface area (Å²) in [4.78, 5) is 1.34. The Morgan fingerprint density at radius 2 is 2.24 bits per heavy atom. The van der Waals surface area contributed by atoms with Gasteiger partial charge in [0, 0.05) is 25.0 Å². The third kappa shape index (κ3) is 3.40. The van der Waals surface area contributed by atoms with E-state index in [0.29, 0.717) is 0 Å². The van der Waals surface area contributed by atoms with Crippen LogP contribution in [0.5, 0.6) is 0 Å². The maximum absolute atomic E-state index is 4.43. The van der Waals surface area contributed by atoms with Crippen LogP contribution < -0.4 is 5.32 Å². The van der Waals surface area contributed by atoms with E-state index in [1.807, 2.05) is 11.7 Å². The predicted molar refractivity (Wildman–Crippen MR) is 75.1 cm³/mol. The van der Waals surface area contributed by atoms with Gasteiger partial charge in [-0.3, -0.25) is 4.68 Å². The number of nitrogens with one attached hydrogen (secondary N) is 1. The van der Waals surface area contributed by atoms with E-state index in [-0.39, 0.29) is 0 Å². The molecular formula is C12H16BrN3S. The highest BCUT2D eigenvalue weighted by Crippen LogP contribution is 2.21. The molecule has 2 heterocycles. The quantitative estimate of drug-likeness (QED) is 0.919. The van der Waals surface area contributed by atoms with Crippen molar-refractivity contribution in [1.29, 1.82) is 0 Å². The summed E-state index contributed by atoms with van der Waals surface area (Å²) in [5.74, 6) is 0. The van der Waals surface area contributed by atoms with Crippen molar-refractivity contribution in [3.63, 3.8) is 0 Å². The second kappa shape index (κ2) is 5.80. The fourth-order valence-corrected chi connectivity index (χ4v) is 3.12. The van der Waals surface area contributed by atoms with Crippen molar-refractivity contribution >= 4 is 27.3 Å². The number of aromatic nitrogens is 2. The van der Waals surface area contributed by atoms with Gasteiger partial charge in [-0.25, -0.2) is 0 Å². The number of rotatable bonds is 5. The van der Waals surface area contributed by atoms with E-state index < -0.39 is 0 Å². The molecule has 1 N–H and O–H groups in total. The fraction of sp³-hybridized carbons (Fsp3) is 0.417. The summed E-state index contributed by atoms with van der Waals surface area (Å²) in [5.41, 5.74) is 2.39. The lowest BCUT2D eigenvalue weighted by Crippen LogP contribution is -2.14. The molecule has 2 rings (SSSR count). The zero-order chi connectivity index (χ0) is 12.3. The Kier molecular flexibility index (Phi) is 4.36. The molecule has 17 heavy (non-hydrogen) atoms. The number of thiophene rings is 1. The summed E-state index contributed by atoms with van der Waals surface area (Å²) < 4.78 is 3.14. The van der Waals surface area contributed by atoms with Gasteiger partial charge in [-0.2, -0.15) is 5.10 Å². The summed E-state index contributed by atoms with van der Waals surface area (Å²) in [6.45, 7) is 3.89. The summed E-state index contributed by atoms with van der Waals surface area (Å²) in [6.07, 6.45) is 0.992. The van der Waals surface area contributed by atoms with Crippen LogP contribution in [-0.2, 0) is 26.6 Å². The topological polar surface area (TPSA) is 29.9 Å². The Morgan fingerprint density at radius 3 is 2.82 bits per heavy atom. The Balaban J connectivity index is 1.87. The van der Waals surface area contributed by atoms with Crippen LogP contribution in [0.3, 0.4) is 0 Å². The molecule has 0 aromatic carbocycles. The van der Waals surface area contributed by atoms with E-state index in [0.717, 1.165) is 25.2 Å². The van der Waals surface area contributed by atoms with Crippen LogP contribution in [0.2, 0.25) is 0 Å². The summed E-state index contributed by atoms with van der Waals surface area (Å²) in [7, 11) is 2.00. The zero-order valence-electron chi connectivity index (χ0n) is 10.0. The highest BCUT2D eigenvalue weighted by Gasteiger charge is 2.03. The first kappa shape index (κ1) is 12.8. The van der Waals surface area contributed by atoms with Crippen molar-refractivity contribution in [2.24, 2.45) is 7.05 Å². The van der Waals surface area contributed by atoms with Crippen molar-refractivity contribution in [2.45, 2.75) is 26.4 Å². The molecule has 0 radical (unpaired) electrons. The van der Waals surface area contributed by atoms with Crippen molar-refractivity contribution < 1.29 is 0 Å². The lowest BCUT2D eigenvalue weighted by atomic mass is 10.3. The fourth-order valence-electron chi connectivity index (χ4n) is 1.67. The monoisotopic (exact) mass is 313 g/mol. The molecule has 2 aromatic heterocycles. The maximum atomic E-state index is 4.43. The molecule has 0 unspecified atom stereocenters. The van der Waals surface area contributed by atoms with Gasteiger partial charge in [0.15, 0.2) is 0 Å². The molecular weight excluding hydrogens is 298 g/mol. The van der Waals surface area contributed by atoms with Crippen molar-refractivity contribution in [3.05, 3.63) is 38.3 Å². The van der Waals surface area contributed by atoms with Crippen LogP contribution in [0, 0.1) is 0 Å². The second-order valence-corrected chi connectivity index (χ2v) is 6.46. The molecule has 2 aromatic rings. The van der Waals surface area contributed by atoms with Gasteiger partial charge < -0.3 is 5.32 Å². The smallest absolute Gasteiger partial charge is 0.0701 e. The van der Waals surface area contributed by atoms with E-state index in [1.165, 1.54) is 14.4 Å². The first-order valence-electron chi connectivity index (χ1n) is 5.65. The number of aryl methyl sites for hydroxylation is 2. The van der Waals surface area contributed by atoms with E-state index in [9.17, 15) is 0 Å². The van der Waals surface area contributed by atoms with Gasteiger partial charge in [-0.15, -0.1) is 11.3 Å². The molecule has 3 nitrogen and oxygen atoms in total. The number of hydrogen-bond donors (Lipinski definition) is 1. The molecule has 0 saturated carbocycles. The van der Waals surface area contributed by atoms with Crippen LogP contribution in [0.15, 0.2) is 22.0 Å². The van der Waals surface area contributed by atoms with Crippen molar-refractivity contribution in [2.75, 3.05) is 0 Å². The van der Waals surface area contributed by atoms with Crippen molar-refractivity contribution in [3.8, 4) is 0 Å². The number of hydrogen-bond acceptors (Lipinski definition) is 3. The molecule has 0 aliphatic carbocycles. The molecule has 0 fully saturated rings. The van der Waals surface area contributed by atoms with Gasteiger partial charge in [-0.05, 0) is 40.5 Å². The minimum Gasteiger partial charge on any atom is -0.306 e. The summed E-state index contributed by atoms with van der Waals surface area (Å²) in [6, 6.07) is 6.39. The second-order valence-electron chi connectivity index (χ2n) is 3.91. The van der Waals surface area contributed by atoms with E-state index in [2.05, 4.69) is 51.5 Å². The summed E-state index contributed by atoms with van der Waals surface area (Å²) in [5, 5.41) is 7.87. The first-order chi connectivity index (χ1) is 8.19. The standard InChI is InChI=1S/C12H16BrN3S/c1-3-9-6-10(16(2)15-9)7-14-8-11-4-5-12(13)17-11/h4-6,14H,3,7-8H2,1-2H3. The lowest BCUT2D eigenvalue weighted by Gasteiger charge is -2.03. The highest BCUT2D eigenvalue weighted by molar-refractivity contribution is 9.11. The third-order valence-corrected chi connectivity index (χ3v) is 4.25. The SMILES string of the molecule is CCc1cc(CNCc2ccc(Br)s2)n(C)n1. The Bertz CT molecular complexity index is 490. The first-order valence-corrected chi connectivity index (χ1v) is 7.26. The van der Waals surface area contributed by atoms with Crippen LogP contribution in [0.4, 0.5) is 0 Å². The molecule has 0 amide bonds. The molecule has 0 atom stereocenters. The van der Waals surface area contributed by atoms with Gasteiger partial charge in [0.1, 0.15) is 0 Å². The summed E-state index contributed by atoms with van der Waals surface area (Å²) >= 11 is 5.24. The molecule has 0 bridgehead atoms. The zero-order valence-corrected chi connectivity index (χ0v) is 12.4. The Morgan fingerprint density at radius 1 is 1.41 bits per heavy atom. The van der Waals surface area contributed by atoms with Gasteiger partial charge in [-0.1, -0.05) is 6.92 Å². The Labute approximate surface area is 114 Å². The van der Waals surface area contributed by atoms with Crippen LogP contribution in [0.25, 0.3) is 0 Å². The van der Waals surface area contributed by atoms with Gasteiger partial charge in [0.05, 0.1) is 15.2 Å². The maximum Gasteiger partial charge on any atom is 0.0701 e. The van der Waals surface area contributed by atoms with Crippen LogP contribution >= 0.6 is 27.3 Å². The highest BCUT2D eigenvalue weighted by atomic mass is 79.9. The third-order valence-electron chi connectivity index (χ3n) is 2.62. The van der Waals surface area contributed by atoms with Gasteiger partial charge in [0.25, 0.3) is 0 Å². The minimum absolute atomic E-state index is 0.860. The largest absolute Gasteiger partial charge is 0.306 e. The number of nitrogens with zero attached hydrogens (tertiary/aromatic N) is 2. The molecule has 0 saturated heterocycles. The average Bonchev–Trinajstić information content (AvgIpc) is 2.86. The van der Waals surface area contributed by atoms with E-state index >= 15 is 0 Å². The molecule has 0 aliphatic rings. The normalized spacial score (nSPS) is 11.0. The lowest BCUT2D eigenvalue weighted by molar-refractivity contribution is 0.626. The van der Waals surface area contributed by atoms with Crippen LogP contribution in [0.1, 0.15) is 23.2 Å². The number of halogens is 1. The average molecular weight is 314 g/mol.